The number of rotatable bonds is 3. The van der Waals surface area contributed by atoms with E-state index in [4.69, 9.17) is 0 Å². The highest BCUT2D eigenvalue weighted by molar-refractivity contribution is 8.08. The minimum Gasteiger partial charge on any atom is -0.365 e. The molecule has 0 spiro atoms. The fraction of sp³-hybridized carbons (Fsp3) is 0.318. The Morgan fingerprint density at radius 1 is 1.14 bits per heavy atom. The highest BCUT2D eigenvalue weighted by Crippen LogP contribution is 2.44. The van der Waals surface area contributed by atoms with Crippen molar-refractivity contribution in [2.24, 2.45) is 0 Å². The molecule has 6 heteroatoms. The van der Waals surface area contributed by atoms with Gasteiger partial charge in [-0.05, 0) is 45.1 Å². The van der Waals surface area contributed by atoms with Crippen molar-refractivity contribution >= 4 is 39.9 Å². The van der Waals surface area contributed by atoms with Crippen LogP contribution in [0.3, 0.4) is 0 Å². The van der Waals surface area contributed by atoms with Gasteiger partial charge in [0.05, 0.1) is 15.9 Å². The Morgan fingerprint density at radius 2 is 1.93 bits per heavy atom. The van der Waals surface area contributed by atoms with E-state index in [1.54, 1.807) is 23.1 Å². The molecule has 1 unspecified atom stereocenters. The van der Waals surface area contributed by atoms with Gasteiger partial charge in [-0.2, -0.15) is 0 Å². The Hall–Kier alpha value is -2.18. The van der Waals surface area contributed by atoms with Gasteiger partial charge in [-0.1, -0.05) is 36.0 Å². The van der Waals surface area contributed by atoms with E-state index in [9.17, 15) is 4.79 Å². The van der Waals surface area contributed by atoms with Gasteiger partial charge < -0.3 is 9.80 Å². The van der Waals surface area contributed by atoms with Crippen molar-refractivity contribution < 1.29 is 0 Å². The average molecular weight is 412 g/mol. The van der Waals surface area contributed by atoms with Crippen molar-refractivity contribution in [3.8, 4) is 0 Å². The first-order valence-electron chi connectivity index (χ1n) is 9.58. The predicted molar refractivity (Wildman–Crippen MR) is 121 cm³/mol. The van der Waals surface area contributed by atoms with E-state index in [0.717, 1.165) is 26.5 Å². The van der Waals surface area contributed by atoms with E-state index in [-0.39, 0.29) is 11.1 Å². The zero-order chi connectivity index (χ0) is 19.9. The Balaban J connectivity index is 1.91. The standard InChI is InChI=1S/C22H25N3OS2/c1-5-24-14-10-9-13-22(24,3)15-18-25(6-2)20(26)19(28-18)21-23(4)16-11-7-8-12-17(16)27-21/h7-15H,5-6H2,1-4H3/b18-15?,21-19+. The zero-order valence-corrected chi connectivity index (χ0v) is 18.3. The number of hydrogen-bond acceptors (Lipinski definition) is 5. The molecule has 1 aromatic carbocycles. The highest BCUT2D eigenvalue weighted by Gasteiger charge is 2.27. The van der Waals surface area contributed by atoms with Crippen molar-refractivity contribution in [3.05, 3.63) is 68.2 Å². The third-order valence-electron chi connectivity index (χ3n) is 5.35. The van der Waals surface area contributed by atoms with Crippen LogP contribution >= 0.6 is 23.1 Å². The monoisotopic (exact) mass is 411 g/mol. The van der Waals surface area contributed by atoms with Crippen LogP contribution in [0.15, 0.2) is 58.4 Å². The van der Waals surface area contributed by atoms with Crippen molar-refractivity contribution in [1.29, 1.82) is 0 Å². The molecule has 0 amide bonds. The molecule has 0 radical (unpaired) electrons. The quantitative estimate of drug-likeness (QED) is 0.776. The number of anilines is 1. The van der Waals surface area contributed by atoms with Gasteiger partial charge in [0.1, 0.15) is 9.56 Å². The fourth-order valence-corrected chi connectivity index (χ4v) is 6.34. The number of aromatic nitrogens is 1. The summed E-state index contributed by atoms with van der Waals surface area (Å²) in [5.74, 6) is 0. The lowest BCUT2D eigenvalue weighted by molar-refractivity contribution is 0.291. The lowest BCUT2D eigenvalue weighted by atomic mass is 9.97. The van der Waals surface area contributed by atoms with Crippen LogP contribution in [-0.4, -0.2) is 28.6 Å². The SMILES string of the molecule is CCN1C=CC=CC1(C)C=c1s/c(=C2/Sc3ccccc3N2C)c(=O)n1CC. The van der Waals surface area contributed by atoms with E-state index >= 15 is 0 Å². The number of allylic oxidation sites excluding steroid dienone is 2. The van der Waals surface area contributed by atoms with Gasteiger partial charge in [0.15, 0.2) is 0 Å². The lowest BCUT2D eigenvalue weighted by Gasteiger charge is -2.37. The van der Waals surface area contributed by atoms with E-state index in [0.29, 0.717) is 6.54 Å². The van der Waals surface area contributed by atoms with Crippen LogP contribution in [0.5, 0.6) is 0 Å². The topological polar surface area (TPSA) is 28.5 Å². The summed E-state index contributed by atoms with van der Waals surface area (Å²) < 4.78 is 3.73. The Bertz CT molecular complexity index is 1140. The average Bonchev–Trinajstić information content (AvgIpc) is 3.18. The van der Waals surface area contributed by atoms with Gasteiger partial charge >= 0.3 is 0 Å². The van der Waals surface area contributed by atoms with Crippen molar-refractivity contribution in [3.63, 3.8) is 0 Å². The maximum atomic E-state index is 13.2. The number of thioether (sulfide) groups is 1. The maximum Gasteiger partial charge on any atom is 0.271 e. The summed E-state index contributed by atoms with van der Waals surface area (Å²) in [7, 11) is 2.04. The smallest absolute Gasteiger partial charge is 0.271 e. The van der Waals surface area contributed by atoms with Gasteiger partial charge in [0.2, 0.25) is 0 Å². The molecule has 1 atom stereocenters. The molecule has 2 aromatic rings. The van der Waals surface area contributed by atoms with Gasteiger partial charge in [0.25, 0.3) is 5.56 Å². The molecule has 2 aliphatic rings. The molecular weight excluding hydrogens is 386 g/mol. The molecule has 2 aliphatic heterocycles. The molecule has 0 saturated carbocycles. The van der Waals surface area contributed by atoms with Gasteiger partial charge in [-0.15, -0.1) is 11.3 Å². The molecule has 4 nitrogen and oxygen atoms in total. The van der Waals surface area contributed by atoms with Crippen LogP contribution < -0.4 is 19.7 Å². The summed E-state index contributed by atoms with van der Waals surface area (Å²) in [5, 5.41) is 1.02. The molecule has 28 heavy (non-hydrogen) atoms. The van der Waals surface area contributed by atoms with Crippen LogP contribution in [0.4, 0.5) is 5.69 Å². The number of likely N-dealkylation sites (N-methyl/N-ethyl adjacent to an activating group) is 1. The minimum atomic E-state index is -0.239. The van der Waals surface area contributed by atoms with Crippen LogP contribution in [-0.2, 0) is 6.54 Å². The first-order chi connectivity index (χ1) is 13.5. The summed E-state index contributed by atoms with van der Waals surface area (Å²) in [6, 6.07) is 8.30. The molecule has 3 heterocycles. The molecular formula is C22H25N3OS2. The molecule has 0 saturated heterocycles. The van der Waals surface area contributed by atoms with Crippen LogP contribution in [0.1, 0.15) is 20.8 Å². The molecule has 0 N–H and O–H groups in total. The molecule has 4 rings (SSSR count). The third kappa shape index (κ3) is 3.05. The largest absolute Gasteiger partial charge is 0.365 e. The maximum absolute atomic E-state index is 13.2. The van der Waals surface area contributed by atoms with E-state index in [1.807, 2.05) is 30.7 Å². The Labute approximate surface area is 173 Å². The minimum absolute atomic E-state index is 0.0999. The fourth-order valence-electron chi connectivity index (χ4n) is 3.76. The van der Waals surface area contributed by atoms with E-state index in [2.05, 4.69) is 66.3 Å². The zero-order valence-electron chi connectivity index (χ0n) is 16.7. The normalized spacial score (nSPS) is 23.6. The molecule has 0 aliphatic carbocycles. The molecule has 0 bridgehead atoms. The Morgan fingerprint density at radius 3 is 2.64 bits per heavy atom. The first-order valence-corrected chi connectivity index (χ1v) is 11.2. The van der Waals surface area contributed by atoms with Crippen LogP contribution in [0.2, 0.25) is 0 Å². The number of hydrogen-bond donors (Lipinski definition) is 0. The second-order valence-corrected chi connectivity index (χ2v) is 9.17. The number of para-hydroxylation sites is 1. The third-order valence-corrected chi connectivity index (χ3v) is 7.83. The second kappa shape index (κ2) is 7.33. The highest BCUT2D eigenvalue weighted by atomic mass is 32.2. The number of thiazole rings is 1. The van der Waals surface area contributed by atoms with Crippen LogP contribution in [0.25, 0.3) is 11.1 Å². The summed E-state index contributed by atoms with van der Waals surface area (Å²) in [5.41, 5.74) is 1.02. The number of fused-ring (bicyclic) bond motifs is 1. The first kappa shape index (κ1) is 19.2. The lowest BCUT2D eigenvalue weighted by Crippen LogP contribution is -2.42. The molecule has 0 fully saturated rings. The van der Waals surface area contributed by atoms with Gasteiger partial charge in [-0.3, -0.25) is 9.36 Å². The van der Waals surface area contributed by atoms with Gasteiger partial charge in [-0.25, -0.2) is 0 Å². The summed E-state index contributed by atoms with van der Waals surface area (Å²) >= 11 is 3.28. The second-order valence-electron chi connectivity index (χ2n) is 7.11. The summed E-state index contributed by atoms with van der Waals surface area (Å²) in [4.78, 5) is 18.9. The Kier molecular flexibility index (Phi) is 5.02. The summed E-state index contributed by atoms with van der Waals surface area (Å²) in [6.45, 7) is 7.96. The van der Waals surface area contributed by atoms with Crippen molar-refractivity contribution in [1.82, 2.24) is 9.47 Å². The molecule has 1 aromatic heterocycles. The summed E-state index contributed by atoms with van der Waals surface area (Å²) in [6.07, 6.45) is 10.7. The molecule has 146 valence electrons. The number of nitrogens with zero attached hydrogens (tertiary/aromatic N) is 3. The number of benzene rings is 1. The van der Waals surface area contributed by atoms with Crippen LogP contribution in [0, 0.1) is 0 Å². The van der Waals surface area contributed by atoms with Crippen molar-refractivity contribution in [2.45, 2.75) is 37.8 Å². The van der Waals surface area contributed by atoms with Crippen molar-refractivity contribution in [2.75, 3.05) is 18.5 Å². The van der Waals surface area contributed by atoms with Gasteiger partial charge in [0, 0.05) is 31.2 Å². The predicted octanol–water partition coefficient (Wildman–Crippen LogP) is 3.18. The van der Waals surface area contributed by atoms with E-state index in [1.165, 1.54) is 4.90 Å². The van der Waals surface area contributed by atoms with E-state index < -0.39 is 0 Å².